The Morgan fingerprint density at radius 1 is 0.939 bits per heavy atom. The van der Waals surface area contributed by atoms with Gasteiger partial charge in [-0.15, -0.1) is 0 Å². The minimum Gasteiger partial charge on any atom is -0.497 e. The summed E-state index contributed by atoms with van der Waals surface area (Å²) in [6.07, 6.45) is 0. The maximum absolute atomic E-state index is 13.3. The Hall–Kier alpha value is -3.11. The molecule has 1 N–H and O–H groups in total. The lowest BCUT2D eigenvalue weighted by molar-refractivity contribution is -0.116. The van der Waals surface area contributed by atoms with E-state index < -0.39 is 21.8 Å². The predicted molar refractivity (Wildman–Crippen MR) is 126 cm³/mol. The summed E-state index contributed by atoms with van der Waals surface area (Å²) in [6, 6.07) is 11.0. The van der Waals surface area contributed by atoms with Gasteiger partial charge in [-0.25, -0.2) is 8.42 Å². The summed E-state index contributed by atoms with van der Waals surface area (Å²) in [6.45, 7) is 5.86. The van der Waals surface area contributed by atoms with Crippen molar-refractivity contribution >= 4 is 27.5 Å². The Labute approximate surface area is 195 Å². The number of sulfonamides is 1. The average molecular weight is 478 g/mol. The molecule has 2 rings (SSSR count). The zero-order valence-corrected chi connectivity index (χ0v) is 20.4. The first kappa shape index (κ1) is 26.1. The first-order valence-electron chi connectivity index (χ1n) is 10.6. The smallest absolute Gasteiger partial charge is 0.258 e. The predicted octanol–water partition coefficient (Wildman–Crippen LogP) is 2.84. The molecular formula is C23H31N3O6S. The van der Waals surface area contributed by atoms with Crippen LogP contribution in [-0.2, 0) is 14.8 Å². The molecule has 0 aliphatic heterocycles. The van der Waals surface area contributed by atoms with Gasteiger partial charge in [-0.05, 0) is 37.3 Å². The van der Waals surface area contributed by atoms with Crippen molar-refractivity contribution in [3.05, 3.63) is 48.0 Å². The van der Waals surface area contributed by atoms with E-state index in [0.29, 0.717) is 24.5 Å². The normalized spacial score (nSPS) is 11.2. The van der Waals surface area contributed by atoms with Gasteiger partial charge in [0.1, 0.15) is 18.0 Å². The van der Waals surface area contributed by atoms with Crippen molar-refractivity contribution in [2.24, 2.45) is 0 Å². The number of hydrogen-bond acceptors (Lipinski definition) is 6. The van der Waals surface area contributed by atoms with Gasteiger partial charge in [-0.1, -0.05) is 19.9 Å². The minimum atomic E-state index is -3.77. The summed E-state index contributed by atoms with van der Waals surface area (Å²) < 4.78 is 37.6. The van der Waals surface area contributed by atoms with Crippen LogP contribution in [0.15, 0.2) is 47.4 Å². The maximum atomic E-state index is 13.3. The molecule has 180 valence electrons. The zero-order valence-electron chi connectivity index (χ0n) is 19.6. The lowest BCUT2D eigenvalue weighted by Crippen LogP contribution is -2.38. The van der Waals surface area contributed by atoms with E-state index in [0.717, 1.165) is 0 Å². The zero-order chi connectivity index (χ0) is 24.6. The molecule has 0 atom stereocenters. The number of nitrogens with zero attached hydrogens (tertiary/aromatic N) is 2. The fraction of sp³-hybridized carbons (Fsp3) is 0.391. The second-order valence-corrected chi connectivity index (χ2v) is 8.99. The van der Waals surface area contributed by atoms with Gasteiger partial charge < -0.3 is 19.7 Å². The Bertz CT molecular complexity index is 1080. The summed E-state index contributed by atoms with van der Waals surface area (Å²) >= 11 is 0. The highest BCUT2D eigenvalue weighted by Crippen LogP contribution is 2.26. The van der Waals surface area contributed by atoms with Crippen molar-refractivity contribution < 1.29 is 27.5 Å². The van der Waals surface area contributed by atoms with Crippen LogP contribution in [0.5, 0.6) is 11.5 Å². The van der Waals surface area contributed by atoms with E-state index in [-0.39, 0.29) is 29.3 Å². The number of benzene rings is 2. The van der Waals surface area contributed by atoms with Crippen LogP contribution in [0, 0.1) is 0 Å². The minimum absolute atomic E-state index is 0.00719. The van der Waals surface area contributed by atoms with Gasteiger partial charge in [0.15, 0.2) is 0 Å². The number of nitrogens with one attached hydrogen (secondary N) is 1. The van der Waals surface area contributed by atoms with Gasteiger partial charge in [0.25, 0.3) is 5.91 Å². The molecule has 0 aliphatic rings. The first-order chi connectivity index (χ1) is 15.7. The van der Waals surface area contributed by atoms with Gasteiger partial charge in [-0.3, -0.25) is 9.59 Å². The number of likely N-dealkylation sites (N-methyl/N-ethyl adjacent to an activating group) is 1. The quantitative estimate of drug-likeness (QED) is 0.534. The molecule has 10 heteroatoms. The number of anilines is 1. The van der Waals surface area contributed by atoms with Gasteiger partial charge in [0.05, 0.1) is 24.7 Å². The Balaban J connectivity index is 2.30. The van der Waals surface area contributed by atoms with E-state index in [1.54, 1.807) is 45.0 Å². The molecule has 0 aromatic heterocycles. The number of carbonyl (C=O) groups is 2. The van der Waals surface area contributed by atoms with Crippen molar-refractivity contribution in [2.75, 3.05) is 45.7 Å². The van der Waals surface area contributed by atoms with Gasteiger partial charge in [-0.2, -0.15) is 4.31 Å². The summed E-state index contributed by atoms with van der Waals surface area (Å²) in [7, 11) is -0.842. The molecule has 0 heterocycles. The molecule has 0 fully saturated rings. The number of rotatable bonds is 11. The molecule has 0 aliphatic carbocycles. The second-order valence-electron chi connectivity index (χ2n) is 7.05. The molecule has 2 amide bonds. The van der Waals surface area contributed by atoms with E-state index in [2.05, 4.69) is 5.32 Å². The van der Waals surface area contributed by atoms with Crippen molar-refractivity contribution in [3.63, 3.8) is 0 Å². The Morgan fingerprint density at radius 2 is 1.64 bits per heavy atom. The number of amides is 2. The number of ether oxygens (including phenoxy) is 2. The van der Waals surface area contributed by atoms with E-state index in [1.807, 2.05) is 0 Å². The number of carbonyl (C=O) groups excluding carboxylic acids is 2. The first-order valence-corrected chi connectivity index (χ1v) is 12.1. The van der Waals surface area contributed by atoms with Crippen molar-refractivity contribution in [3.8, 4) is 11.5 Å². The van der Waals surface area contributed by atoms with E-state index in [4.69, 9.17) is 9.47 Å². The topological polar surface area (TPSA) is 105 Å². The molecule has 0 spiro atoms. The second kappa shape index (κ2) is 11.7. The fourth-order valence-electron chi connectivity index (χ4n) is 3.30. The molecule has 0 bridgehead atoms. The molecule has 2 aromatic rings. The highest BCUT2D eigenvalue weighted by molar-refractivity contribution is 7.89. The molecule has 2 aromatic carbocycles. The van der Waals surface area contributed by atoms with Crippen LogP contribution >= 0.6 is 0 Å². The lowest BCUT2D eigenvalue weighted by atomic mass is 10.1. The Morgan fingerprint density at radius 3 is 2.21 bits per heavy atom. The highest BCUT2D eigenvalue weighted by Gasteiger charge is 2.26. The van der Waals surface area contributed by atoms with E-state index >= 15 is 0 Å². The Kier molecular flexibility index (Phi) is 9.24. The molecule has 0 radical (unpaired) electrons. The van der Waals surface area contributed by atoms with Crippen molar-refractivity contribution in [1.82, 2.24) is 9.21 Å². The van der Waals surface area contributed by atoms with Crippen LogP contribution in [0.2, 0.25) is 0 Å². The summed E-state index contributed by atoms with van der Waals surface area (Å²) in [5, 5.41) is 2.74. The van der Waals surface area contributed by atoms with Gasteiger partial charge in [0, 0.05) is 31.4 Å². The highest BCUT2D eigenvalue weighted by atomic mass is 32.2. The third-order valence-corrected chi connectivity index (χ3v) is 7.15. The van der Waals surface area contributed by atoms with Crippen LogP contribution in [0.25, 0.3) is 0 Å². The lowest BCUT2D eigenvalue weighted by Gasteiger charge is -2.23. The molecular weight excluding hydrogens is 446 g/mol. The molecule has 0 saturated heterocycles. The van der Waals surface area contributed by atoms with Gasteiger partial charge >= 0.3 is 0 Å². The van der Waals surface area contributed by atoms with Crippen LogP contribution in [0.4, 0.5) is 5.69 Å². The van der Waals surface area contributed by atoms with E-state index in [1.165, 1.54) is 41.6 Å². The van der Waals surface area contributed by atoms with E-state index in [9.17, 15) is 18.0 Å². The summed E-state index contributed by atoms with van der Waals surface area (Å²) in [5.74, 6) is -0.0894. The number of hydrogen-bond donors (Lipinski definition) is 1. The third kappa shape index (κ3) is 6.23. The number of methoxy groups -OCH3 is 2. The van der Waals surface area contributed by atoms with Crippen LogP contribution in [0.1, 0.15) is 31.1 Å². The summed E-state index contributed by atoms with van der Waals surface area (Å²) in [5.41, 5.74) is 0.606. The summed E-state index contributed by atoms with van der Waals surface area (Å²) in [4.78, 5) is 27.2. The van der Waals surface area contributed by atoms with Gasteiger partial charge in [0.2, 0.25) is 15.9 Å². The molecule has 9 nitrogen and oxygen atoms in total. The average Bonchev–Trinajstić information content (AvgIpc) is 2.82. The monoisotopic (exact) mass is 477 g/mol. The standard InChI is InChI=1S/C23H31N3O6S/c1-6-25(16-22(27)24-17-10-9-11-18(14-17)31-4)23(28)20-15-19(12-13-21(20)32-5)33(29,30)26(7-2)8-3/h9-15H,6-8,16H2,1-5H3,(H,24,27). The van der Waals surface area contributed by atoms with Crippen molar-refractivity contribution in [2.45, 2.75) is 25.7 Å². The van der Waals surface area contributed by atoms with Crippen LogP contribution in [-0.4, -0.2) is 69.8 Å². The molecule has 33 heavy (non-hydrogen) atoms. The fourth-order valence-corrected chi connectivity index (χ4v) is 4.78. The SMILES string of the molecule is CCN(CC(=O)Nc1cccc(OC)c1)C(=O)c1cc(S(=O)(=O)N(CC)CC)ccc1OC. The molecule has 0 unspecified atom stereocenters. The van der Waals surface area contributed by atoms with Crippen molar-refractivity contribution in [1.29, 1.82) is 0 Å². The maximum Gasteiger partial charge on any atom is 0.258 e. The third-order valence-electron chi connectivity index (χ3n) is 5.10. The van der Waals surface area contributed by atoms with Crippen LogP contribution < -0.4 is 14.8 Å². The van der Waals surface area contributed by atoms with Crippen LogP contribution in [0.3, 0.4) is 0 Å². The largest absolute Gasteiger partial charge is 0.497 e. The molecule has 0 saturated carbocycles.